The van der Waals surface area contributed by atoms with Gasteiger partial charge in [-0.25, -0.2) is 4.79 Å². The summed E-state index contributed by atoms with van der Waals surface area (Å²) >= 11 is 0. The predicted molar refractivity (Wildman–Crippen MR) is 90.6 cm³/mol. The van der Waals surface area contributed by atoms with E-state index in [1.165, 1.54) is 12.0 Å². The Morgan fingerprint density at radius 2 is 2.14 bits per heavy atom. The molecule has 3 nitrogen and oxygen atoms in total. The number of aliphatic hydroxyl groups is 1. The molecule has 126 valence electrons. The van der Waals surface area contributed by atoms with Gasteiger partial charge in [0.1, 0.15) is 0 Å². The van der Waals surface area contributed by atoms with Crippen LogP contribution in [0.5, 0.6) is 0 Å². The zero-order valence-electron chi connectivity index (χ0n) is 14.7. The van der Waals surface area contributed by atoms with Gasteiger partial charge in [0.05, 0.1) is 12.2 Å². The van der Waals surface area contributed by atoms with Crippen molar-refractivity contribution in [2.75, 3.05) is 6.61 Å². The van der Waals surface area contributed by atoms with Crippen LogP contribution in [0.4, 0.5) is 0 Å². The summed E-state index contributed by atoms with van der Waals surface area (Å²) in [7, 11) is 0. The zero-order valence-corrected chi connectivity index (χ0v) is 14.7. The summed E-state index contributed by atoms with van der Waals surface area (Å²) in [4.78, 5) is 11.5. The Morgan fingerprint density at radius 3 is 2.73 bits per heavy atom. The van der Waals surface area contributed by atoms with Gasteiger partial charge in [-0.05, 0) is 57.9 Å². The molecular formula is C19H32O3. The molecule has 0 aliphatic heterocycles. The van der Waals surface area contributed by atoms with Gasteiger partial charge in [0.25, 0.3) is 0 Å². The van der Waals surface area contributed by atoms with Gasteiger partial charge in [-0.1, -0.05) is 37.8 Å². The molecule has 0 saturated carbocycles. The maximum absolute atomic E-state index is 11.5. The van der Waals surface area contributed by atoms with E-state index in [1.54, 1.807) is 6.08 Å². The molecule has 1 aliphatic carbocycles. The molecule has 0 aromatic rings. The lowest BCUT2D eigenvalue weighted by Crippen LogP contribution is -2.18. The maximum atomic E-state index is 11.5. The van der Waals surface area contributed by atoms with E-state index < -0.39 is 5.60 Å². The van der Waals surface area contributed by atoms with Crippen molar-refractivity contribution in [1.29, 1.82) is 0 Å². The lowest BCUT2D eigenvalue weighted by Gasteiger charge is -2.20. The minimum Gasteiger partial charge on any atom is -0.463 e. The fourth-order valence-electron chi connectivity index (χ4n) is 2.97. The van der Waals surface area contributed by atoms with Crippen LogP contribution in [0.3, 0.4) is 0 Å². The standard InChI is InChI=1S/C19H32O3/c1-5-15(8-7-11-19(3,4)21)12-16-9-10-17(13-16)14-18(20)22-6-2/h13-15,21H,5-12H2,1-4H3. The summed E-state index contributed by atoms with van der Waals surface area (Å²) in [6.45, 7) is 8.24. The molecule has 1 rings (SSSR count). The average molecular weight is 308 g/mol. The molecule has 0 fully saturated rings. The van der Waals surface area contributed by atoms with Gasteiger partial charge in [0.2, 0.25) is 0 Å². The Balaban J connectivity index is 2.45. The van der Waals surface area contributed by atoms with E-state index in [1.807, 2.05) is 20.8 Å². The van der Waals surface area contributed by atoms with Crippen molar-refractivity contribution in [2.24, 2.45) is 5.92 Å². The summed E-state index contributed by atoms with van der Waals surface area (Å²) < 4.78 is 4.96. The molecule has 1 unspecified atom stereocenters. The van der Waals surface area contributed by atoms with Crippen molar-refractivity contribution >= 4 is 5.97 Å². The Morgan fingerprint density at radius 1 is 1.41 bits per heavy atom. The Bertz CT molecular complexity index is 413. The first-order chi connectivity index (χ1) is 10.3. The molecular weight excluding hydrogens is 276 g/mol. The number of esters is 1. The molecule has 0 bridgehead atoms. The van der Waals surface area contributed by atoms with E-state index >= 15 is 0 Å². The van der Waals surface area contributed by atoms with Crippen LogP contribution in [0, 0.1) is 5.92 Å². The van der Waals surface area contributed by atoms with Gasteiger partial charge in [0.15, 0.2) is 0 Å². The third-order valence-electron chi connectivity index (χ3n) is 4.24. The summed E-state index contributed by atoms with van der Waals surface area (Å²) in [5.41, 5.74) is 1.99. The molecule has 1 N–H and O–H groups in total. The van der Waals surface area contributed by atoms with Crippen LogP contribution in [-0.2, 0) is 9.53 Å². The molecule has 0 aromatic heterocycles. The highest BCUT2D eigenvalue weighted by atomic mass is 16.5. The first-order valence-electron chi connectivity index (χ1n) is 8.63. The number of carbonyl (C=O) groups excluding carboxylic acids is 1. The Labute approximate surface area is 135 Å². The molecule has 0 aromatic carbocycles. The van der Waals surface area contributed by atoms with Crippen LogP contribution in [-0.4, -0.2) is 23.3 Å². The number of ether oxygens (including phenoxy) is 1. The van der Waals surface area contributed by atoms with Crippen LogP contribution >= 0.6 is 0 Å². The van der Waals surface area contributed by atoms with E-state index in [4.69, 9.17) is 4.74 Å². The van der Waals surface area contributed by atoms with Crippen LogP contribution in [0.15, 0.2) is 23.3 Å². The first kappa shape index (κ1) is 19.0. The number of allylic oxidation sites excluding steroid dienone is 3. The first-order valence-corrected chi connectivity index (χ1v) is 8.63. The number of hydrogen-bond acceptors (Lipinski definition) is 3. The second-order valence-electron chi connectivity index (χ2n) is 6.96. The second-order valence-corrected chi connectivity index (χ2v) is 6.96. The van der Waals surface area contributed by atoms with E-state index in [2.05, 4.69) is 13.0 Å². The van der Waals surface area contributed by atoms with E-state index in [0.717, 1.165) is 44.1 Å². The zero-order chi connectivity index (χ0) is 16.6. The topological polar surface area (TPSA) is 46.5 Å². The van der Waals surface area contributed by atoms with Crippen LogP contribution < -0.4 is 0 Å². The molecule has 0 saturated heterocycles. The largest absolute Gasteiger partial charge is 0.463 e. The van der Waals surface area contributed by atoms with Crippen molar-refractivity contribution in [2.45, 2.75) is 78.2 Å². The fourth-order valence-corrected chi connectivity index (χ4v) is 2.97. The molecule has 0 amide bonds. The van der Waals surface area contributed by atoms with Gasteiger partial charge in [0, 0.05) is 6.08 Å². The summed E-state index contributed by atoms with van der Waals surface area (Å²) in [6.07, 6.45) is 11.2. The van der Waals surface area contributed by atoms with E-state index in [0.29, 0.717) is 12.5 Å². The van der Waals surface area contributed by atoms with E-state index in [9.17, 15) is 9.90 Å². The quantitative estimate of drug-likeness (QED) is 0.502. The highest BCUT2D eigenvalue weighted by Gasteiger charge is 2.17. The van der Waals surface area contributed by atoms with Crippen LogP contribution in [0.1, 0.15) is 72.6 Å². The van der Waals surface area contributed by atoms with Gasteiger partial charge < -0.3 is 9.84 Å². The summed E-state index contributed by atoms with van der Waals surface area (Å²) in [6, 6.07) is 0. The van der Waals surface area contributed by atoms with Crippen LogP contribution in [0.2, 0.25) is 0 Å². The molecule has 0 radical (unpaired) electrons. The number of hydrogen-bond donors (Lipinski definition) is 1. The summed E-state index contributed by atoms with van der Waals surface area (Å²) in [5.74, 6) is 0.447. The third kappa shape index (κ3) is 7.79. The SMILES string of the molecule is CCOC(=O)C=C1C=C(CC(CC)CCCC(C)(C)O)CC1. The molecule has 3 heteroatoms. The molecule has 0 spiro atoms. The van der Waals surface area contributed by atoms with Crippen molar-refractivity contribution < 1.29 is 14.6 Å². The molecule has 0 heterocycles. The molecule has 22 heavy (non-hydrogen) atoms. The monoisotopic (exact) mass is 308 g/mol. The Kier molecular flexibility index (Phi) is 7.88. The summed E-state index contributed by atoms with van der Waals surface area (Å²) in [5, 5.41) is 9.79. The normalized spacial score (nSPS) is 18.4. The highest BCUT2D eigenvalue weighted by Crippen LogP contribution is 2.31. The third-order valence-corrected chi connectivity index (χ3v) is 4.24. The van der Waals surface area contributed by atoms with Crippen molar-refractivity contribution in [3.63, 3.8) is 0 Å². The van der Waals surface area contributed by atoms with Crippen molar-refractivity contribution in [3.8, 4) is 0 Å². The molecule has 1 atom stereocenters. The van der Waals surface area contributed by atoms with Crippen molar-refractivity contribution in [1.82, 2.24) is 0 Å². The Hall–Kier alpha value is -1.09. The van der Waals surface area contributed by atoms with Crippen molar-refractivity contribution in [3.05, 3.63) is 23.3 Å². The van der Waals surface area contributed by atoms with Crippen LogP contribution in [0.25, 0.3) is 0 Å². The van der Waals surface area contributed by atoms with Gasteiger partial charge in [-0.2, -0.15) is 0 Å². The lowest BCUT2D eigenvalue weighted by molar-refractivity contribution is -0.137. The average Bonchev–Trinajstić information content (AvgIpc) is 2.83. The lowest BCUT2D eigenvalue weighted by atomic mass is 9.89. The second kappa shape index (κ2) is 9.14. The van der Waals surface area contributed by atoms with E-state index in [-0.39, 0.29) is 5.97 Å². The van der Waals surface area contributed by atoms with Gasteiger partial charge >= 0.3 is 5.97 Å². The highest BCUT2D eigenvalue weighted by molar-refractivity contribution is 5.83. The minimum atomic E-state index is -0.555. The minimum absolute atomic E-state index is 0.229. The smallest absolute Gasteiger partial charge is 0.331 e. The van der Waals surface area contributed by atoms with Gasteiger partial charge in [-0.15, -0.1) is 0 Å². The molecule has 1 aliphatic rings. The predicted octanol–water partition coefficient (Wildman–Crippen LogP) is 4.55. The number of rotatable bonds is 9. The fraction of sp³-hybridized carbons (Fsp3) is 0.737. The van der Waals surface area contributed by atoms with Gasteiger partial charge in [-0.3, -0.25) is 0 Å². The maximum Gasteiger partial charge on any atom is 0.331 e. The number of carbonyl (C=O) groups is 1.